The standard InChI is InChI=1S/C10H15NO2/c12-8-5-7(6-8)11-4-3-10(1-2-10)9(11)13/h7-8,12H,1-6H2. The fourth-order valence-electron chi connectivity index (χ4n) is 2.62. The van der Waals surface area contributed by atoms with Crippen molar-refractivity contribution in [1.82, 2.24) is 4.90 Å². The fourth-order valence-corrected chi connectivity index (χ4v) is 2.62. The Bertz CT molecular complexity index is 254. The lowest BCUT2D eigenvalue weighted by molar-refractivity contribution is -0.137. The summed E-state index contributed by atoms with van der Waals surface area (Å²) in [7, 11) is 0. The number of likely N-dealkylation sites (tertiary alicyclic amines) is 1. The van der Waals surface area contributed by atoms with Crippen LogP contribution in [-0.2, 0) is 4.79 Å². The Hall–Kier alpha value is -0.570. The van der Waals surface area contributed by atoms with Crippen molar-refractivity contribution < 1.29 is 9.90 Å². The van der Waals surface area contributed by atoms with Gasteiger partial charge in [-0.1, -0.05) is 0 Å². The van der Waals surface area contributed by atoms with Gasteiger partial charge in [0.2, 0.25) is 5.91 Å². The molecule has 2 aliphatic carbocycles. The van der Waals surface area contributed by atoms with Crippen molar-refractivity contribution in [2.75, 3.05) is 6.54 Å². The van der Waals surface area contributed by atoms with Gasteiger partial charge < -0.3 is 10.0 Å². The molecule has 3 aliphatic rings. The summed E-state index contributed by atoms with van der Waals surface area (Å²) in [6.07, 6.45) is 4.76. The number of carbonyl (C=O) groups excluding carboxylic acids is 1. The van der Waals surface area contributed by atoms with Crippen LogP contribution in [0.1, 0.15) is 32.1 Å². The Morgan fingerprint density at radius 1 is 1.31 bits per heavy atom. The van der Waals surface area contributed by atoms with Crippen LogP contribution in [0.15, 0.2) is 0 Å². The maximum absolute atomic E-state index is 11.9. The Labute approximate surface area is 77.7 Å². The second-order valence-corrected chi connectivity index (χ2v) is 4.81. The Morgan fingerprint density at radius 2 is 2.00 bits per heavy atom. The first-order valence-electron chi connectivity index (χ1n) is 5.20. The summed E-state index contributed by atoms with van der Waals surface area (Å²) in [4.78, 5) is 13.9. The molecule has 0 unspecified atom stereocenters. The monoisotopic (exact) mass is 181 g/mol. The molecular weight excluding hydrogens is 166 g/mol. The van der Waals surface area contributed by atoms with Crippen LogP contribution in [0.25, 0.3) is 0 Å². The lowest BCUT2D eigenvalue weighted by Gasteiger charge is -2.38. The van der Waals surface area contributed by atoms with E-state index in [-0.39, 0.29) is 11.5 Å². The minimum atomic E-state index is -0.145. The topological polar surface area (TPSA) is 40.5 Å². The molecule has 72 valence electrons. The van der Waals surface area contributed by atoms with Crippen LogP contribution in [0.5, 0.6) is 0 Å². The van der Waals surface area contributed by atoms with Crippen LogP contribution >= 0.6 is 0 Å². The number of aliphatic hydroxyl groups excluding tert-OH is 1. The average molecular weight is 181 g/mol. The SMILES string of the molecule is O=C1N(C2CC(O)C2)CCC12CC2. The number of hydrogen-bond donors (Lipinski definition) is 1. The highest BCUT2D eigenvalue weighted by Crippen LogP contribution is 2.54. The van der Waals surface area contributed by atoms with Gasteiger partial charge in [0.1, 0.15) is 0 Å². The van der Waals surface area contributed by atoms with E-state index in [0.717, 1.165) is 38.6 Å². The largest absolute Gasteiger partial charge is 0.393 e. The van der Waals surface area contributed by atoms with E-state index in [1.807, 2.05) is 4.90 Å². The molecule has 0 radical (unpaired) electrons. The smallest absolute Gasteiger partial charge is 0.229 e. The third-order valence-electron chi connectivity index (χ3n) is 3.93. The molecule has 1 heterocycles. The van der Waals surface area contributed by atoms with E-state index in [1.165, 1.54) is 0 Å². The zero-order valence-electron chi connectivity index (χ0n) is 7.70. The minimum Gasteiger partial charge on any atom is -0.393 e. The van der Waals surface area contributed by atoms with Crippen LogP contribution < -0.4 is 0 Å². The summed E-state index contributed by atoms with van der Waals surface area (Å²) in [5.41, 5.74) is 0.0839. The van der Waals surface area contributed by atoms with Crippen molar-refractivity contribution in [2.24, 2.45) is 5.41 Å². The number of rotatable bonds is 1. The van der Waals surface area contributed by atoms with Gasteiger partial charge in [-0.25, -0.2) is 0 Å². The number of aliphatic hydroxyl groups is 1. The zero-order chi connectivity index (χ0) is 9.05. The van der Waals surface area contributed by atoms with Gasteiger partial charge in [0.15, 0.2) is 0 Å². The molecule has 0 atom stereocenters. The molecule has 13 heavy (non-hydrogen) atoms. The molecule has 1 amide bonds. The number of nitrogens with zero attached hydrogens (tertiary/aromatic N) is 1. The summed E-state index contributed by atoms with van der Waals surface area (Å²) >= 11 is 0. The normalized spacial score (nSPS) is 41.0. The van der Waals surface area contributed by atoms with Crippen molar-refractivity contribution in [1.29, 1.82) is 0 Å². The molecule has 0 aromatic rings. The van der Waals surface area contributed by atoms with Crippen molar-refractivity contribution in [3.05, 3.63) is 0 Å². The quantitative estimate of drug-likeness (QED) is 0.640. The molecule has 2 saturated carbocycles. The van der Waals surface area contributed by atoms with E-state index in [2.05, 4.69) is 0 Å². The highest BCUT2D eigenvalue weighted by molar-refractivity contribution is 5.87. The third kappa shape index (κ3) is 0.966. The molecule has 3 fully saturated rings. The van der Waals surface area contributed by atoms with Gasteiger partial charge in [-0.3, -0.25) is 4.79 Å². The van der Waals surface area contributed by atoms with E-state index in [1.54, 1.807) is 0 Å². The van der Waals surface area contributed by atoms with Crippen molar-refractivity contribution in [2.45, 2.75) is 44.2 Å². The second-order valence-electron chi connectivity index (χ2n) is 4.81. The van der Waals surface area contributed by atoms with Crippen molar-refractivity contribution >= 4 is 5.91 Å². The lowest BCUT2D eigenvalue weighted by Crippen LogP contribution is -2.48. The summed E-state index contributed by atoms with van der Waals surface area (Å²) in [6.45, 7) is 0.941. The van der Waals surface area contributed by atoms with Gasteiger partial charge in [-0.15, -0.1) is 0 Å². The summed E-state index contributed by atoms with van der Waals surface area (Å²) in [6, 6.07) is 0.363. The van der Waals surface area contributed by atoms with Crippen LogP contribution in [0.4, 0.5) is 0 Å². The molecule has 1 spiro atoms. The van der Waals surface area contributed by atoms with E-state index >= 15 is 0 Å². The van der Waals surface area contributed by atoms with Crippen LogP contribution in [0.3, 0.4) is 0 Å². The highest BCUT2D eigenvalue weighted by Gasteiger charge is 2.57. The predicted octanol–water partition coefficient (Wildman–Crippen LogP) is 0.522. The summed E-state index contributed by atoms with van der Waals surface area (Å²) in [5, 5.41) is 9.17. The first kappa shape index (κ1) is 7.80. The first-order valence-corrected chi connectivity index (χ1v) is 5.20. The molecule has 0 aromatic carbocycles. The Kier molecular flexibility index (Phi) is 1.36. The minimum absolute atomic E-state index is 0.0839. The molecule has 0 aromatic heterocycles. The molecule has 1 N–H and O–H groups in total. The molecule has 0 bridgehead atoms. The number of amides is 1. The molecule has 3 nitrogen and oxygen atoms in total. The van der Waals surface area contributed by atoms with Gasteiger partial charge in [-0.05, 0) is 32.1 Å². The Balaban J connectivity index is 1.70. The molecule has 1 saturated heterocycles. The fraction of sp³-hybridized carbons (Fsp3) is 0.900. The number of hydrogen-bond acceptors (Lipinski definition) is 2. The van der Waals surface area contributed by atoms with Crippen LogP contribution in [-0.4, -0.2) is 34.6 Å². The maximum Gasteiger partial charge on any atom is 0.229 e. The van der Waals surface area contributed by atoms with Gasteiger partial charge in [0.25, 0.3) is 0 Å². The van der Waals surface area contributed by atoms with Gasteiger partial charge >= 0.3 is 0 Å². The van der Waals surface area contributed by atoms with Crippen LogP contribution in [0.2, 0.25) is 0 Å². The van der Waals surface area contributed by atoms with Crippen LogP contribution in [0, 0.1) is 5.41 Å². The van der Waals surface area contributed by atoms with E-state index in [9.17, 15) is 9.90 Å². The molecule has 3 heteroatoms. The molecule has 1 aliphatic heterocycles. The Morgan fingerprint density at radius 3 is 2.46 bits per heavy atom. The summed E-state index contributed by atoms with van der Waals surface area (Å²) < 4.78 is 0. The van der Waals surface area contributed by atoms with E-state index < -0.39 is 0 Å². The highest BCUT2D eigenvalue weighted by atomic mass is 16.3. The van der Waals surface area contributed by atoms with Gasteiger partial charge in [-0.2, -0.15) is 0 Å². The summed E-state index contributed by atoms with van der Waals surface area (Å²) in [5.74, 6) is 0.379. The zero-order valence-corrected chi connectivity index (χ0v) is 7.70. The molecule has 3 rings (SSSR count). The van der Waals surface area contributed by atoms with Gasteiger partial charge in [0.05, 0.1) is 11.5 Å². The molecular formula is C10H15NO2. The second kappa shape index (κ2) is 2.27. The third-order valence-corrected chi connectivity index (χ3v) is 3.93. The van der Waals surface area contributed by atoms with E-state index in [0.29, 0.717) is 11.9 Å². The lowest BCUT2D eigenvalue weighted by atomic mass is 9.88. The van der Waals surface area contributed by atoms with Crippen molar-refractivity contribution in [3.8, 4) is 0 Å². The first-order chi connectivity index (χ1) is 6.21. The maximum atomic E-state index is 11.9. The number of carbonyl (C=O) groups is 1. The average Bonchev–Trinajstić information content (AvgIpc) is 2.75. The predicted molar refractivity (Wildman–Crippen MR) is 47.0 cm³/mol. The van der Waals surface area contributed by atoms with Crippen molar-refractivity contribution in [3.63, 3.8) is 0 Å². The van der Waals surface area contributed by atoms with E-state index in [4.69, 9.17) is 0 Å². The van der Waals surface area contributed by atoms with Gasteiger partial charge in [0, 0.05) is 12.6 Å².